The Morgan fingerprint density at radius 3 is 2.78 bits per heavy atom. The standard InChI is InChI=1S/C16H23BrN4O.HI/c1-3-18-16(20-13-6-7-13)19-9-8-15(22)21-14-10-12(17)5-4-11(14)2;/h4-5,10,13H,3,6-9H2,1-2H3,(H,21,22)(H2,18,19,20);1H. The van der Waals surface area contributed by atoms with E-state index in [2.05, 4.69) is 36.9 Å². The van der Waals surface area contributed by atoms with E-state index in [9.17, 15) is 4.79 Å². The smallest absolute Gasteiger partial charge is 0.226 e. The first-order valence-corrected chi connectivity index (χ1v) is 8.48. The van der Waals surface area contributed by atoms with E-state index in [0.717, 1.165) is 28.2 Å². The van der Waals surface area contributed by atoms with Crippen LogP contribution in [0, 0.1) is 6.92 Å². The summed E-state index contributed by atoms with van der Waals surface area (Å²) in [6.07, 6.45) is 2.77. The highest BCUT2D eigenvalue weighted by molar-refractivity contribution is 14.0. The maximum absolute atomic E-state index is 12.0. The Morgan fingerprint density at radius 2 is 2.13 bits per heavy atom. The van der Waals surface area contributed by atoms with Crippen LogP contribution >= 0.6 is 39.9 Å². The number of nitrogens with zero attached hydrogens (tertiary/aromatic N) is 1. The number of nitrogens with one attached hydrogen (secondary N) is 3. The van der Waals surface area contributed by atoms with E-state index in [0.29, 0.717) is 19.0 Å². The third kappa shape index (κ3) is 7.52. The van der Waals surface area contributed by atoms with E-state index in [1.165, 1.54) is 12.8 Å². The van der Waals surface area contributed by atoms with Gasteiger partial charge in [0.25, 0.3) is 0 Å². The Kier molecular flexibility index (Phi) is 8.90. The van der Waals surface area contributed by atoms with Gasteiger partial charge in [0.05, 0.1) is 6.54 Å². The van der Waals surface area contributed by atoms with Crippen molar-refractivity contribution >= 4 is 57.5 Å². The van der Waals surface area contributed by atoms with Crippen LogP contribution in [-0.2, 0) is 4.79 Å². The van der Waals surface area contributed by atoms with Crippen molar-refractivity contribution in [2.75, 3.05) is 18.4 Å². The van der Waals surface area contributed by atoms with Gasteiger partial charge in [0, 0.05) is 29.2 Å². The molecule has 1 aliphatic carbocycles. The van der Waals surface area contributed by atoms with Gasteiger partial charge in [-0.2, -0.15) is 0 Å². The zero-order valence-electron chi connectivity index (χ0n) is 13.5. The largest absolute Gasteiger partial charge is 0.357 e. The number of halogens is 2. The van der Waals surface area contributed by atoms with Crippen molar-refractivity contribution in [2.24, 2.45) is 4.99 Å². The molecule has 1 aliphatic rings. The minimum absolute atomic E-state index is 0. The van der Waals surface area contributed by atoms with E-state index < -0.39 is 0 Å². The number of amides is 1. The molecule has 3 N–H and O–H groups in total. The quantitative estimate of drug-likeness (QED) is 0.322. The molecule has 23 heavy (non-hydrogen) atoms. The Balaban J connectivity index is 0.00000264. The molecular weight excluding hydrogens is 471 g/mol. The zero-order valence-corrected chi connectivity index (χ0v) is 17.4. The summed E-state index contributed by atoms with van der Waals surface area (Å²) in [6.45, 7) is 5.30. The molecular formula is C16H24BrIN4O. The molecule has 1 aromatic rings. The highest BCUT2D eigenvalue weighted by atomic mass is 127. The molecule has 1 aromatic carbocycles. The van der Waals surface area contributed by atoms with Crippen molar-refractivity contribution in [2.45, 2.75) is 39.2 Å². The summed E-state index contributed by atoms with van der Waals surface area (Å²) in [4.78, 5) is 16.5. The fourth-order valence-corrected chi connectivity index (χ4v) is 2.31. The number of guanidine groups is 1. The average molecular weight is 495 g/mol. The van der Waals surface area contributed by atoms with Crippen LogP contribution in [0.4, 0.5) is 5.69 Å². The SMILES string of the molecule is CCNC(=NCCC(=O)Nc1cc(Br)ccc1C)NC1CC1.I. The number of hydrogen-bond acceptors (Lipinski definition) is 2. The van der Waals surface area contributed by atoms with Crippen LogP contribution in [-0.4, -0.2) is 31.0 Å². The predicted octanol–water partition coefficient (Wildman–Crippen LogP) is 3.42. The van der Waals surface area contributed by atoms with E-state index in [-0.39, 0.29) is 29.9 Å². The highest BCUT2D eigenvalue weighted by Crippen LogP contribution is 2.20. The Hall–Kier alpha value is -0.830. The van der Waals surface area contributed by atoms with Crippen LogP contribution in [0.25, 0.3) is 0 Å². The molecule has 2 rings (SSSR count). The second-order valence-electron chi connectivity index (χ2n) is 5.44. The number of anilines is 1. The molecule has 0 radical (unpaired) electrons. The predicted molar refractivity (Wildman–Crippen MR) is 110 cm³/mol. The van der Waals surface area contributed by atoms with Gasteiger partial charge in [0.2, 0.25) is 5.91 Å². The summed E-state index contributed by atoms with van der Waals surface area (Å²) in [7, 11) is 0. The molecule has 0 atom stereocenters. The van der Waals surface area contributed by atoms with Crippen molar-refractivity contribution in [1.82, 2.24) is 10.6 Å². The molecule has 7 heteroatoms. The van der Waals surface area contributed by atoms with Crippen molar-refractivity contribution in [3.63, 3.8) is 0 Å². The molecule has 0 heterocycles. The minimum atomic E-state index is -0.0211. The highest BCUT2D eigenvalue weighted by Gasteiger charge is 2.22. The van der Waals surface area contributed by atoms with Gasteiger partial charge in [0.1, 0.15) is 0 Å². The number of carbonyl (C=O) groups is 1. The lowest BCUT2D eigenvalue weighted by atomic mass is 10.2. The van der Waals surface area contributed by atoms with Crippen molar-refractivity contribution in [1.29, 1.82) is 0 Å². The number of hydrogen-bond donors (Lipinski definition) is 3. The molecule has 0 aliphatic heterocycles. The van der Waals surface area contributed by atoms with Crippen LogP contribution in [0.15, 0.2) is 27.7 Å². The lowest BCUT2D eigenvalue weighted by Crippen LogP contribution is -2.38. The first-order chi connectivity index (χ1) is 10.6. The number of benzene rings is 1. The van der Waals surface area contributed by atoms with Gasteiger partial charge in [-0.1, -0.05) is 22.0 Å². The Labute approximate surface area is 163 Å². The summed E-state index contributed by atoms with van der Waals surface area (Å²) in [5, 5.41) is 9.46. The molecule has 128 valence electrons. The van der Waals surface area contributed by atoms with Crippen LogP contribution < -0.4 is 16.0 Å². The van der Waals surface area contributed by atoms with Crippen LogP contribution in [0.3, 0.4) is 0 Å². The van der Waals surface area contributed by atoms with E-state index >= 15 is 0 Å². The summed E-state index contributed by atoms with van der Waals surface area (Å²) < 4.78 is 0.953. The first kappa shape index (κ1) is 20.2. The summed E-state index contributed by atoms with van der Waals surface area (Å²) in [5.41, 5.74) is 1.88. The lowest BCUT2D eigenvalue weighted by Gasteiger charge is -2.11. The zero-order chi connectivity index (χ0) is 15.9. The number of rotatable bonds is 6. The van der Waals surface area contributed by atoms with Gasteiger partial charge in [-0.05, 0) is 44.4 Å². The average Bonchev–Trinajstić information content (AvgIpc) is 3.27. The fourth-order valence-electron chi connectivity index (χ4n) is 1.95. The van der Waals surface area contributed by atoms with Crippen LogP contribution in [0.5, 0.6) is 0 Å². The van der Waals surface area contributed by atoms with E-state index in [1.54, 1.807) is 0 Å². The number of aliphatic imine (C=N–C) groups is 1. The van der Waals surface area contributed by atoms with Gasteiger partial charge in [0.15, 0.2) is 5.96 Å². The molecule has 1 amide bonds. The minimum Gasteiger partial charge on any atom is -0.357 e. The molecule has 0 bridgehead atoms. The summed E-state index contributed by atoms with van der Waals surface area (Å²) in [5.74, 6) is 0.781. The monoisotopic (exact) mass is 494 g/mol. The molecule has 5 nitrogen and oxygen atoms in total. The van der Waals surface area contributed by atoms with E-state index in [4.69, 9.17) is 0 Å². The molecule has 0 unspecified atom stereocenters. The van der Waals surface area contributed by atoms with Crippen molar-refractivity contribution in [3.8, 4) is 0 Å². The second kappa shape index (κ2) is 10.1. The van der Waals surface area contributed by atoms with Crippen LogP contribution in [0.2, 0.25) is 0 Å². The Bertz CT molecular complexity index is 561. The van der Waals surface area contributed by atoms with E-state index in [1.807, 2.05) is 32.0 Å². The molecule has 0 spiro atoms. The van der Waals surface area contributed by atoms with Crippen molar-refractivity contribution in [3.05, 3.63) is 28.2 Å². The maximum Gasteiger partial charge on any atom is 0.226 e. The molecule has 0 saturated heterocycles. The topological polar surface area (TPSA) is 65.5 Å². The number of aryl methyl sites for hydroxylation is 1. The maximum atomic E-state index is 12.0. The Morgan fingerprint density at radius 1 is 1.39 bits per heavy atom. The molecule has 1 saturated carbocycles. The number of carbonyl (C=O) groups excluding carboxylic acids is 1. The summed E-state index contributed by atoms with van der Waals surface area (Å²) in [6, 6.07) is 6.40. The van der Waals surface area contributed by atoms with Gasteiger partial charge >= 0.3 is 0 Å². The van der Waals surface area contributed by atoms with Gasteiger partial charge < -0.3 is 16.0 Å². The van der Waals surface area contributed by atoms with Gasteiger partial charge in [-0.3, -0.25) is 9.79 Å². The van der Waals surface area contributed by atoms with Gasteiger partial charge in [-0.25, -0.2) is 0 Å². The molecule has 0 aromatic heterocycles. The van der Waals surface area contributed by atoms with Crippen LogP contribution in [0.1, 0.15) is 31.7 Å². The van der Waals surface area contributed by atoms with Gasteiger partial charge in [-0.15, -0.1) is 24.0 Å². The lowest BCUT2D eigenvalue weighted by molar-refractivity contribution is -0.116. The normalized spacial score (nSPS) is 14.0. The second-order valence-corrected chi connectivity index (χ2v) is 6.35. The third-order valence-electron chi connectivity index (χ3n) is 3.34. The fraction of sp³-hybridized carbons (Fsp3) is 0.500. The van der Waals surface area contributed by atoms with Crippen molar-refractivity contribution < 1.29 is 4.79 Å². The third-order valence-corrected chi connectivity index (χ3v) is 3.84. The summed E-state index contributed by atoms with van der Waals surface area (Å²) >= 11 is 3.41. The molecule has 1 fully saturated rings. The first-order valence-electron chi connectivity index (χ1n) is 7.69.